The van der Waals surface area contributed by atoms with Gasteiger partial charge in [0.05, 0.1) is 24.6 Å². The third-order valence-corrected chi connectivity index (χ3v) is 5.52. The molecule has 0 aliphatic carbocycles. The first-order valence-corrected chi connectivity index (χ1v) is 9.93. The summed E-state index contributed by atoms with van der Waals surface area (Å²) in [5.41, 5.74) is 1.08. The van der Waals surface area contributed by atoms with Gasteiger partial charge in [-0.1, -0.05) is 29.8 Å². The number of nitrogens with zero attached hydrogens (tertiary/aromatic N) is 1. The van der Waals surface area contributed by atoms with Crippen molar-refractivity contribution in [1.82, 2.24) is 9.71 Å². The maximum atomic E-state index is 12.7. The van der Waals surface area contributed by atoms with Crippen LogP contribution in [0.15, 0.2) is 59.6 Å². The Morgan fingerprint density at radius 3 is 2.54 bits per heavy atom. The van der Waals surface area contributed by atoms with Gasteiger partial charge in [0.1, 0.15) is 4.90 Å². The zero-order valence-corrected chi connectivity index (χ0v) is 16.3. The van der Waals surface area contributed by atoms with E-state index in [1.54, 1.807) is 30.3 Å². The molecule has 0 aliphatic heterocycles. The highest BCUT2D eigenvalue weighted by Gasteiger charge is 2.22. The molecule has 1 N–H and O–H groups in total. The topological polar surface area (TPSA) is 102 Å². The largest absolute Gasteiger partial charge is 0.465 e. The summed E-state index contributed by atoms with van der Waals surface area (Å²) in [6.45, 7) is 0. The fourth-order valence-corrected chi connectivity index (χ4v) is 4.11. The lowest BCUT2D eigenvalue weighted by Crippen LogP contribution is -2.32. The number of nitrogens with one attached hydrogen (secondary N) is 1. The number of esters is 1. The normalized spacial score (nSPS) is 11.2. The lowest BCUT2D eigenvalue weighted by atomic mass is 10.1. The summed E-state index contributed by atoms with van der Waals surface area (Å²) < 4.78 is 32.0. The highest BCUT2D eigenvalue weighted by molar-refractivity contribution is 7.90. The number of hydrogen-bond acceptors (Lipinski definition) is 6. The van der Waals surface area contributed by atoms with Crippen molar-refractivity contribution in [1.29, 1.82) is 0 Å². The number of halogens is 1. The van der Waals surface area contributed by atoms with Crippen LogP contribution in [-0.4, -0.2) is 32.4 Å². The summed E-state index contributed by atoms with van der Waals surface area (Å²) in [6.07, 6.45) is 1.27. The third kappa shape index (κ3) is 4.29. The van der Waals surface area contributed by atoms with Crippen LogP contribution >= 0.6 is 11.6 Å². The molecular formula is C19H15ClN2O5S. The smallest absolute Gasteiger partial charge is 0.337 e. The molecule has 0 aliphatic rings. The van der Waals surface area contributed by atoms with E-state index in [0.717, 1.165) is 0 Å². The van der Waals surface area contributed by atoms with Gasteiger partial charge in [-0.05, 0) is 35.9 Å². The number of hydrogen-bond donors (Lipinski definition) is 1. The molecule has 0 saturated carbocycles. The number of carbonyl (C=O) groups is 2. The monoisotopic (exact) mass is 418 g/mol. The summed E-state index contributed by atoms with van der Waals surface area (Å²) in [4.78, 5) is 27.6. The molecule has 1 amide bonds. The predicted molar refractivity (Wildman–Crippen MR) is 104 cm³/mol. The Morgan fingerprint density at radius 2 is 1.86 bits per heavy atom. The van der Waals surface area contributed by atoms with Gasteiger partial charge in [0.15, 0.2) is 0 Å². The van der Waals surface area contributed by atoms with Gasteiger partial charge in [0, 0.05) is 16.6 Å². The van der Waals surface area contributed by atoms with Crippen molar-refractivity contribution in [3.8, 4) is 0 Å². The summed E-state index contributed by atoms with van der Waals surface area (Å²) in [6, 6.07) is 12.3. The highest BCUT2D eigenvalue weighted by atomic mass is 35.5. The lowest BCUT2D eigenvalue weighted by Gasteiger charge is -2.10. The van der Waals surface area contributed by atoms with Gasteiger partial charge >= 0.3 is 5.97 Å². The van der Waals surface area contributed by atoms with Gasteiger partial charge in [-0.15, -0.1) is 0 Å². The number of fused-ring (bicyclic) bond motifs is 1. The van der Waals surface area contributed by atoms with Crippen molar-refractivity contribution < 1.29 is 22.7 Å². The summed E-state index contributed by atoms with van der Waals surface area (Å²) in [5, 5.41) is 0.757. The van der Waals surface area contributed by atoms with Gasteiger partial charge in [-0.3, -0.25) is 9.78 Å². The van der Waals surface area contributed by atoms with E-state index in [1.165, 1.54) is 31.5 Å². The van der Waals surface area contributed by atoms with Crippen LogP contribution in [0.1, 0.15) is 15.9 Å². The van der Waals surface area contributed by atoms with Crippen LogP contribution in [-0.2, 0) is 26.0 Å². The Bertz CT molecular complexity index is 1160. The molecule has 7 nitrogen and oxygen atoms in total. The molecule has 3 aromatic rings. The Kier molecular flexibility index (Phi) is 5.62. The number of sulfonamides is 1. The molecule has 2 aromatic carbocycles. The molecule has 0 radical (unpaired) electrons. The number of pyridine rings is 1. The summed E-state index contributed by atoms with van der Waals surface area (Å²) in [5.74, 6) is -1.23. The predicted octanol–water partition coefficient (Wildman–Crippen LogP) is 2.72. The molecule has 0 fully saturated rings. The quantitative estimate of drug-likeness (QED) is 0.639. The van der Waals surface area contributed by atoms with Gasteiger partial charge in [0.2, 0.25) is 5.91 Å². The number of aromatic nitrogens is 1. The van der Waals surface area contributed by atoms with Crippen molar-refractivity contribution in [2.24, 2.45) is 0 Å². The standard InChI is InChI=1S/C19H15ClN2O5S/c1-27-19(24)13-6-4-12(5-7-13)9-17(23)22-28(25,26)16-11-15(20)10-14-3-2-8-21-18(14)16/h2-8,10-11H,9H2,1H3,(H,22,23). The zero-order chi connectivity index (χ0) is 20.3. The maximum absolute atomic E-state index is 12.7. The van der Waals surface area contributed by atoms with Crippen molar-refractivity contribution >= 4 is 44.4 Å². The highest BCUT2D eigenvalue weighted by Crippen LogP contribution is 2.25. The van der Waals surface area contributed by atoms with Gasteiger partial charge in [0.25, 0.3) is 10.0 Å². The second-order valence-electron chi connectivity index (χ2n) is 5.87. The average molecular weight is 419 g/mol. The molecular weight excluding hydrogens is 404 g/mol. The minimum atomic E-state index is -4.17. The van der Waals surface area contributed by atoms with E-state index in [1.807, 2.05) is 4.72 Å². The SMILES string of the molecule is COC(=O)c1ccc(CC(=O)NS(=O)(=O)c2cc(Cl)cc3cccnc23)cc1. The van der Waals surface area contributed by atoms with Crippen LogP contribution < -0.4 is 4.72 Å². The first kappa shape index (κ1) is 19.8. The van der Waals surface area contributed by atoms with Crippen LogP contribution in [0.25, 0.3) is 10.9 Å². The van der Waals surface area contributed by atoms with E-state index in [4.69, 9.17) is 11.6 Å². The van der Waals surface area contributed by atoms with Crippen molar-refractivity contribution in [2.45, 2.75) is 11.3 Å². The number of methoxy groups -OCH3 is 1. The Labute approximate surface area is 166 Å². The Balaban J connectivity index is 1.81. The molecule has 0 saturated heterocycles. The summed E-state index contributed by atoms with van der Waals surface area (Å²) >= 11 is 6.01. The van der Waals surface area contributed by atoms with Crippen LogP contribution in [0.4, 0.5) is 0 Å². The van der Waals surface area contributed by atoms with Gasteiger partial charge in [-0.25, -0.2) is 17.9 Å². The van der Waals surface area contributed by atoms with Crippen LogP contribution in [0.3, 0.4) is 0 Å². The Morgan fingerprint density at radius 1 is 1.14 bits per heavy atom. The molecule has 0 unspecified atom stereocenters. The first-order chi connectivity index (χ1) is 13.3. The van der Waals surface area contributed by atoms with Crippen molar-refractivity contribution in [3.05, 3.63) is 70.9 Å². The van der Waals surface area contributed by atoms with Crippen molar-refractivity contribution in [3.63, 3.8) is 0 Å². The second kappa shape index (κ2) is 7.95. The second-order valence-corrected chi connectivity index (χ2v) is 7.96. The molecule has 0 bridgehead atoms. The van der Waals surface area contributed by atoms with Gasteiger partial charge in [-0.2, -0.15) is 0 Å². The van der Waals surface area contributed by atoms with E-state index in [2.05, 4.69) is 9.72 Å². The molecule has 144 valence electrons. The fraction of sp³-hybridized carbons (Fsp3) is 0.105. The average Bonchev–Trinajstić information content (AvgIpc) is 2.66. The molecule has 3 rings (SSSR count). The van der Waals surface area contributed by atoms with E-state index in [9.17, 15) is 18.0 Å². The molecule has 0 atom stereocenters. The molecule has 28 heavy (non-hydrogen) atoms. The Hall–Kier alpha value is -2.97. The first-order valence-electron chi connectivity index (χ1n) is 8.07. The number of carbonyl (C=O) groups excluding carboxylic acids is 2. The van der Waals surface area contributed by atoms with E-state index >= 15 is 0 Å². The number of ether oxygens (including phenoxy) is 1. The fourth-order valence-electron chi connectivity index (χ4n) is 2.63. The van der Waals surface area contributed by atoms with E-state index < -0.39 is 21.9 Å². The summed E-state index contributed by atoms with van der Waals surface area (Å²) in [7, 11) is -2.91. The lowest BCUT2D eigenvalue weighted by molar-refractivity contribution is -0.118. The zero-order valence-electron chi connectivity index (χ0n) is 14.7. The third-order valence-electron chi connectivity index (χ3n) is 3.91. The number of rotatable bonds is 5. The number of amides is 1. The van der Waals surface area contributed by atoms with E-state index in [-0.39, 0.29) is 21.9 Å². The van der Waals surface area contributed by atoms with Crippen molar-refractivity contribution in [2.75, 3.05) is 7.11 Å². The van der Waals surface area contributed by atoms with E-state index in [0.29, 0.717) is 16.5 Å². The molecule has 1 heterocycles. The molecule has 0 spiro atoms. The molecule has 1 aromatic heterocycles. The van der Waals surface area contributed by atoms with Crippen LogP contribution in [0.5, 0.6) is 0 Å². The van der Waals surface area contributed by atoms with Crippen LogP contribution in [0.2, 0.25) is 5.02 Å². The van der Waals surface area contributed by atoms with Gasteiger partial charge < -0.3 is 4.74 Å². The van der Waals surface area contributed by atoms with Crippen LogP contribution in [0, 0.1) is 0 Å². The molecule has 9 heteroatoms. The number of benzene rings is 2. The maximum Gasteiger partial charge on any atom is 0.337 e. The minimum absolute atomic E-state index is 0.176. The minimum Gasteiger partial charge on any atom is -0.465 e.